The van der Waals surface area contributed by atoms with Crippen molar-refractivity contribution in [3.8, 4) is 0 Å². The van der Waals surface area contributed by atoms with Crippen LogP contribution in [0.4, 0.5) is 17.1 Å². The van der Waals surface area contributed by atoms with E-state index in [0.717, 1.165) is 29.5 Å². The lowest BCUT2D eigenvalue weighted by Crippen LogP contribution is -2.04. The Bertz CT molecular complexity index is 837. The third kappa shape index (κ3) is 9.94. The van der Waals surface area contributed by atoms with Gasteiger partial charge in [0.1, 0.15) is 5.69 Å². The highest BCUT2D eigenvalue weighted by molar-refractivity contribution is 9.08. The summed E-state index contributed by atoms with van der Waals surface area (Å²) in [7, 11) is 0. The van der Waals surface area contributed by atoms with E-state index in [4.69, 9.17) is 0 Å². The molecule has 5 nitrogen and oxygen atoms in total. The number of carboxylic acids is 1. The zero-order valence-electron chi connectivity index (χ0n) is 19.2. The average Bonchev–Trinajstić information content (AvgIpc) is 2.81. The maximum absolute atomic E-state index is 11.7. The molecule has 2 N–H and O–H groups in total. The molecule has 2 aromatic carbocycles. The summed E-state index contributed by atoms with van der Waals surface area (Å²) in [5.74, 6) is -1.00. The van der Waals surface area contributed by atoms with Crippen LogP contribution in [0, 0.1) is 0 Å². The quantitative estimate of drug-likeness (QED) is 0.137. The summed E-state index contributed by atoms with van der Waals surface area (Å²) in [6.45, 7) is 3.10. The van der Waals surface area contributed by atoms with Crippen LogP contribution in [-0.4, -0.2) is 17.6 Å². The molecule has 2 aromatic rings. The van der Waals surface area contributed by atoms with Crippen LogP contribution < -0.4 is 5.32 Å². The van der Waals surface area contributed by atoms with E-state index in [-0.39, 0.29) is 5.56 Å². The van der Waals surface area contributed by atoms with E-state index in [1.165, 1.54) is 57.8 Å². The zero-order valence-corrected chi connectivity index (χ0v) is 20.7. The molecule has 0 aliphatic rings. The molecule has 0 aromatic heterocycles. The largest absolute Gasteiger partial charge is 0.478 e. The average molecular weight is 502 g/mol. The molecule has 0 spiro atoms. The monoisotopic (exact) mass is 501 g/mol. The number of carbonyl (C=O) groups is 1. The highest BCUT2D eigenvalue weighted by Gasteiger charge is 2.11. The Kier molecular flexibility index (Phi) is 12.7. The van der Waals surface area contributed by atoms with Crippen molar-refractivity contribution in [2.75, 3.05) is 11.9 Å². The first-order chi connectivity index (χ1) is 15.6. The molecule has 0 fully saturated rings. The molecule has 32 heavy (non-hydrogen) atoms. The standard InChI is InChI=1S/C26H36BrN3O2/c1-2-3-4-5-6-7-8-9-10-11-18-28-23-16-17-25(24(19-23)26(31)32)30-29-22-14-12-21(20-27)13-15-22/h12-17,19,28H,2-11,18,20H2,1H3,(H,31,32). The third-order valence-electron chi connectivity index (χ3n) is 5.45. The molecule has 2 rings (SSSR count). The summed E-state index contributed by atoms with van der Waals surface area (Å²) >= 11 is 3.41. The molecule has 174 valence electrons. The smallest absolute Gasteiger partial charge is 0.338 e. The highest BCUT2D eigenvalue weighted by atomic mass is 79.9. The maximum atomic E-state index is 11.7. The Hall–Kier alpha value is -2.21. The molecule has 0 amide bonds. The topological polar surface area (TPSA) is 74.0 Å². The number of hydrogen-bond acceptors (Lipinski definition) is 4. The van der Waals surface area contributed by atoms with Crippen LogP contribution in [0.25, 0.3) is 0 Å². The van der Waals surface area contributed by atoms with Crippen molar-refractivity contribution >= 4 is 39.0 Å². The molecule has 6 heteroatoms. The van der Waals surface area contributed by atoms with Crippen LogP contribution >= 0.6 is 15.9 Å². The van der Waals surface area contributed by atoms with E-state index in [0.29, 0.717) is 11.4 Å². The predicted octanol–water partition coefficient (Wildman–Crippen LogP) is 9.03. The Morgan fingerprint density at radius 3 is 2.09 bits per heavy atom. The van der Waals surface area contributed by atoms with Crippen LogP contribution in [0.2, 0.25) is 0 Å². The number of unbranched alkanes of at least 4 members (excludes halogenated alkanes) is 9. The van der Waals surface area contributed by atoms with E-state index in [1.807, 2.05) is 30.3 Å². The van der Waals surface area contributed by atoms with Gasteiger partial charge in [-0.05, 0) is 42.3 Å². The number of azo groups is 1. The number of carboxylic acid groups (broad SMARTS) is 1. The summed E-state index contributed by atoms with van der Waals surface area (Å²) < 4.78 is 0. The minimum atomic E-state index is -1.00. The van der Waals surface area contributed by atoms with Gasteiger partial charge in [-0.2, -0.15) is 5.11 Å². The van der Waals surface area contributed by atoms with Gasteiger partial charge in [0.05, 0.1) is 11.3 Å². The first-order valence-electron chi connectivity index (χ1n) is 11.8. The lowest BCUT2D eigenvalue weighted by Gasteiger charge is -2.09. The van der Waals surface area contributed by atoms with Gasteiger partial charge in [0.15, 0.2) is 0 Å². The van der Waals surface area contributed by atoms with Gasteiger partial charge >= 0.3 is 5.97 Å². The van der Waals surface area contributed by atoms with Crippen LogP contribution in [0.1, 0.15) is 87.1 Å². The number of halogens is 1. The van der Waals surface area contributed by atoms with Gasteiger partial charge in [0.2, 0.25) is 0 Å². The van der Waals surface area contributed by atoms with Gasteiger partial charge in [0.25, 0.3) is 0 Å². The number of benzene rings is 2. The molecule has 0 bridgehead atoms. The van der Waals surface area contributed by atoms with E-state index < -0.39 is 5.97 Å². The number of rotatable bonds is 16. The molecule has 0 unspecified atom stereocenters. The molecule has 0 aliphatic heterocycles. The molecule has 0 atom stereocenters. The van der Waals surface area contributed by atoms with Crippen LogP contribution in [0.3, 0.4) is 0 Å². The summed E-state index contributed by atoms with van der Waals surface area (Å²) in [6.07, 6.45) is 13.0. The third-order valence-corrected chi connectivity index (χ3v) is 6.10. The Labute approximate surface area is 200 Å². The van der Waals surface area contributed by atoms with Crippen molar-refractivity contribution in [3.05, 3.63) is 53.6 Å². The Morgan fingerprint density at radius 2 is 1.50 bits per heavy atom. The van der Waals surface area contributed by atoms with E-state index >= 15 is 0 Å². The van der Waals surface area contributed by atoms with Gasteiger partial charge in [-0.25, -0.2) is 4.79 Å². The molecular formula is C26H36BrN3O2. The summed E-state index contributed by atoms with van der Waals surface area (Å²) in [5.41, 5.74) is 3.15. The number of nitrogens with one attached hydrogen (secondary N) is 1. The van der Waals surface area contributed by atoms with Crippen molar-refractivity contribution in [3.63, 3.8) is 0 Å². The summed E-state index contributed by atoms with van der Waals surface area (Å²) in [4.78, 5) is 11.7. The molecule has 0 radical (unpaired) electrons. The molecular weight excluding hydrogens is 466 g/mol. The van der Waals surface area contributed by atoms with Crippen molar-refractivity contribution in [2.24, 2.45) is 10.2 Å². The second-order valence-electron chi connectivity index (χ2n) is 8.15. The second kappa shape index (κ2) is 15.6. The van der Waals surface area contributed by atoms with Crippen LogP contribution in [0.15, 0.2) is 52.7 Å². The normalized spacial score (nSPS) is 11.2. The first kappa shape index (κ1) is 26.0. The number of nitrogens with zero attached hydrogens (tertiary/aromatic N) is 2. The lowest BCUT2D eigenvalue weighted by molar-refractivity contribution is 0.0698. The molecule has 0 heterocycles. The zero-order chi connectivity index (χ0) is 23.0. The van der Waals surface area contributed by atoms with Gasteiger partial charge in [-0.3, -0.25) is 0 Å². The van der Waals surface area contributed by atoms with Gasteiger partial charge in [-0.15, -0.1) is 5.11 Å². The fourth-order valence-corrected chi connectivity index (χ4v) is 3.89. The maximum Gasteiger partial charge on any atom is 0.338 e. The van der Waals surface area contributed by atoms with Crippen molar-refractivity contribution < 1.29 is 9.90 Å². The van der Waals surface area contributed by atoms with Crippen molar-refractivity contribution in [1.82, 2.24) is 0 Å². The lowest BCUT2D eigenvalue weighted by atomic mass is 10.1. The van der Waals surface area contributed by atoms with E-state index in [2.05, 4.69) is 38.4 Å². The molecule has 0 saturated heterocycles. The fraction of sp³-hybridized carbons (Fsp3) is 0.500. The minimum Gasteiger partial charge on any atom is -0.478 e. The molecule has 0 saturated carbocycles. The summed E-state index contributed by atoms with van der Waals surface area (Å²) in [5, 5.41) is 22.0. The van der Waals surface area contributed by atoms with Gasteiger partial charge < -0.3 is 10.4 Å². The van der Waals surface area contributed by atoms with Crippen molar-refractivity contribution in [2.45, 2.75) is 76.5 Å². The number of hydrogen-bond donors (Lipinski definition) is 2. The second-order valence-corrected chi connectivity index (χ2v) is 8.71. The number of anilines is 1. The first-order valence-corrected chi connectivity index (χ1v) is 12.9. The summed E-state index contributed by atoms with van der Waals surface area (Å²) in [6, 6.07) is 12.9. The van der Waals surface area contributed by atoms with E-state index in [1.54, 1.807) is 12.1 Å². The fourth-order valence-electron chi connectivity index (χ4n) is 3.51. The van der Waals surface area contributed by atoms with Crippen molar-refractivity contribution in [1.29, 1.82) is 0 Å². The van der Waals surface area contributed by atoms with E-state index in [9.17, 15) is 9.90 Å². The van der Waals surface area contributed by atoms with Gasteiger partial charge in [0, 0.05) is 17.6 Å². The number of alkyl halides is 1. The predicted molar refractivity (Wildman–Crippen MR) is 137 cm³/mol. The minimum absolute atomic E-state index is 0.152. The Morgan fingerprint density at radius 1 is 0.875 bits per heavy atom. The Balaban J connectivity index is 1.76. The van der Waals surface area contributed by atoms with Crippen LogP contribution in [-0.2, 0) is 5.33 Å². The van der Waals surface area contributed by atoms with Gasteiger partial charge in [-0.1, -0.05) is 92.8 Å². The number of aromatic carboxylic acids is 1. The highest BCUT2D eigenvalue weighted by Crippen LogP contribution is 2.26. The molecule has 0 aliphatic carbocycles. The SMILES string of the molecule is CCCCCCCCCCCCNc1ccc(N=Nc2ccc(CBr)cc2)c(C(=O)O)c1. The van der Waals surface area contributed by atoms with Crippen LogP contribution in [0.5, 0.6) is 0 Å².